The Morgan fingerprint density at radius 2 is 1.91 bits per heavy atom. The van der Waals surface area contributed by atoms with Crippen molar-refractivity contribution >= 4 is 23.7 Å². The van der Waals surface area contributed by atoms with Crippen LogP contribution in [0, 0.1) is 39.9 Å². The van der Waals surface area contributed by atoms with Crippen molar-refractivity contribution in [2.45, 2.75) is 65.3 Å². The molecular formula is C33H37NO9. The number of Topliss-reactive ketones (excluding diaryl/α,β-unsaturated/α-hetero) is 1. The SMILES string of the molecule is COC(=O)C(O)C1C(C)(C)[C@H](OC(=O)c2cccnc2)C2C=C3C(CC[C@]4(C)C3CC(=O)O[C@H]4c3ccoc3)[C@]1(C)C2=O. The maximum absolute atomic E-state index is 14.6. The summed E-state index contributed by atoms with van der Waals surface area (Å²) in [5, 5.41) is 11.5. The summed E-state index contributed by atoms with van der Waals surface area (Å²) in [5.41, 5.74) is -0.858. The van der Waals surface area contributed by atoms with Crippen molar-refractivity contribution in [1.82, 2.24) is 4.98 Å². The summed E-state index contributed by atoms with van der Waals surface area (Å²) in [5.74, 6) is -4.54. The Labute approximate surface area is 249 Å². The van der Waals surface area contributed by atoms with E-state index in [1.807, 2.05) is 26.8 Å². The molecule has 6 rings (SSSR count). The Morgan fingerprint density at radius 1 is 1.14 bits per heavy atom. The van der Waals surface area contributed by atoms with Gasteiger partial charge in [-0.25, -0.2) is 9.59 Å². The van der Waals surface area contributed by atoms with E-state index in [-0.39, 0.29) is 35.6 Å². The molecule has 2 aromatic heterocycles. The van der Waals surface area contributed by atoms with Gasteiger partial charge in [-0.2, -0.15) is 0 Å². The number of ether oxygens (including phenoxy) is 3. The highest BCUT2D eigenvalue weighted by atomic mass is 16.6. The Hall–Kier alpha value is -3.79. The fraction of sp³-hybridized carbons (Fsp3) is 0.545. The minimum absolute atomic E-state index is 0.123. The number of carbonyl (C=O) groups excluding carboxylic acids is 4. The predicted molar refractivity (Wildman–Crippen MR) is 150 cm³/mol. The number of pyridine rings is 1. The van der Waals surface area contributed by atoms with E-state index in [1.165, 1.54) is 19.5 Å². The van der Waals surface area contributed by atoms with Crippen LogP contribution >= 0.6 is 0 Å². The number of furan rings is 1. The summed E-state index contributed by atoms with van der Waals surface area (Å²) < 4.78 is 22.3. The number of ketones is 1. The third kappa shape index (κ3) is 4.20. The Morgan fingerprint density at radius 3 is 2.56 bits per heavy atom. The molecule has 43 heavy (non-hydrogen) atoms. The van der Waals surface area contributed by atoms with Gasteiger partial charge in [0, 0.05) is 40.1 Å². The van der Waals surface area contributed by atoms with Gasteiger partial charge in [0.25, 0.3) is 0 Å². The van der Waals surface area contributed by atoms with Gasteiger partial charge in [-0.05, 0) is 42.9 Å². The molecule has 3 heterocycles. The normalized spacial score (nSPS) is 36.7. The zero-order valence-corrected chi connectivity index (χ0v) is 24.9. The highest BCUT2D eigenvalue weighted by Crippen LogP contribution is 2.68. The standard InChI is InChI=1S/C33H37NO9/c1-31(2)25(24(36)30(39)40-5)33(4)21-8-10-32(3)22(14-23(35)42-27(32)18-9-12-41-16-18)19(21)13-20(26(33)37)28(31)43-29(38)17-7-6-11-34-15-17/h6-7,9,11-13,15-16,20-22,24-25,27-28,36H,8,10,14H2,1-5H3/t20?,21?,22?,24?,25?,27-,28+,32+,33-/m0/s1. The quantitative estimate of drug-likeness (QED) is 0.305. The maximum atomic E-state index is 14.6. The van der Waals surface area contributed by atoms with Crippen molar-refractivity contribution in [3.8, 4) is 0 Å². The molecule has 3 aliphatic carbocycles. The van der Waals surface area contributed by atoms with Crippen LogP contribution in [0.4, 0.5) is 0 Å². The molecule has 2 aromatic rings. The average molecular weight is 592 g/mol. The number of cyclic esters (lactones) is 1. The molecule has 2 saturated carbocycles. The molecule has 4 aliphatic rings. The first-order valence-electron chi connectivity index (χ1n) is 14.7. The van der Waals surface area contributed by atoms with Crippen molar-refractivity contribution in [3.63, 3.8) is 0 Å². The lowest BCUT2D eigenvalue weighted by atomic mass is 9.40. The molecule has 10 nitrogen and oxygen atoms in total. The molecule has 3 fully saturated rings. The van der Waals surface area contributed by atoms with Crippen molar-refractivity contribution in [2.24, 2.45) is 39.9 Å². The fourth-order valence-electron chi connectivity index (χ4n) is 9.02. The van der Waals surface area contributed by atoms with Gasteiger partial charge in [0.05, 0.1) is 37.5 Å². The number of hydrogen-bond acceptors (Lipinski definition) is 10. The first kappa shape index (κ1) is 29.3. The average Bonchev–Trinajstić information content (AvgIpc) is 3.52. The summed E-state index contributed by atoms with van der Waals surface area (Å²) in [6.45, 7) is 7.55. The van der Waals surface area contributed by atoms with Gasteiger partial charge in [0.15, 0.2) is 6.10 Å². The number of nitrogens with zero attached hydrogens (tertiary/aromatic N) is 1. The molecule has 0 aromatic carbocycles. The van der Waals surface area contributed by atoms with Crippen molar-refractivity contribution in [2.75, 3.05) is 7.11 Å². The van der Waals surface area contributed by atoms with E-state index in [1.54, 1.807) is 30.7 Å². The highest BCUT2D eigenvalue weighted by molar-refractivity contribution is 5.95. The van der Waals surface area contributed by atoms with E-state index in [0.29, 0.717) is 12.8 Å². The minimum atomic E-state index is -1.66. The Kier molecular flexibility index (Phi) is 6.91. The first-order valence-corrected chi connectivity index (χ1v) is 14.7. The van der Waals surface area contributed by atoms with Crippen LogP contribution < -0.4 is 0 Å². The number of aromatic nitrogens is 1. The second-order valence-electron chi connectivity index (χ2n) is 13.5. The number of aliphatic hydroxyl groups is 1. The topological polar surface area (TPSA) is 142 Å². The van der Waals surface area contributed by atoms with Crippen LogP contribution in [-0.2, 0) is 28.6 Å². The molecular weight excluding hydrogens is 554 g/mol. The van der Waals surface area contributed by atoms with Gasteiger partial charge in [0.1, 0.15) is 18.0 Å². The largest absolute Gasteiger partial charge is 0.472 e. The van der Waals surface area contributed by atoms with E-state index in [4.69, 9.17) is 18.6 Å². The van der Waals surface area contributed by atoms with Crippen LogP contribution in [-0.4, -0.2) is 53.1 Å². The predicted octanol–water partition coefficient (Wildman–Crippen LogP) is 4.24. The number of rotatable bonds is 5. The second kappa shape index (κ2) is 10.1. The van der Waals surface area contributed by atoms with E-state index in [2.05, 4.69) is 11.9 Å². The van der Waals surface area contributed by atoms with E-state index < -0.39 is 58.3 Å². The number of allylic oxidation sites excluding steroid dienone is 1. The van der Waals surface area contributed by atoms with Gasteiger partial charge < -0.3 is 23.7 Å². The maximum Gasteiger partial charge on any atom is 0.340 e. The zero-order valence-electron chi connectivity index (χ0n) is 24.9. The molecule has 0 spiro atoms. The van der Waals surface area contributed by atoms with E-state index >= 15 is 0 Å². The first-order chi connectivity index (χ1) is 20.4. The van der Waals surface area contributed by atoms with Crippen LogP contribution in [0.1, 0.15) is 69.0 Å². The minimum Gasteiger partial charge on any atom is -0.472 e. The van der Waals surface area contributed by atoms with Gasteiger partial charge in [-0.3, -0.25) is 14.6 Å². The summed E-state index contributed by atoms with van der Waals surface area (Å²) >= 11 is 0. The van der Waals surface area contributed by atoms with Crippen LogP contribution in [0.5, 0.6) is 0 Å². The van der Waals surface area contributed by atoms with Crippen LogP contribution in [0.25, 0.3) is 0 Å². The van der Waals surface area contributed by atoms with Gasteiger partial charge in [0.2, 0.25) is 0 Å². The third-order valence-electron chi connectivity index (χ3n) is 11.0. The van der Waals surface area contributed by atoms with Crippen LogP contribution in [0.3, 0.4) is 0 Å². The Balaban J connectivity index is 1.50. The summed E-state index contributed by atoms with van der Waals surface area (Å²) in [7, 11) is 1.19. The van der Waals surface area contributed by atoms with Gasteiger partial charge in [-0.15, -0.1) is 0 Å². The molecule has 0 radical (unpaired) electrons. The molecule has 228 valence electrons. The zero-order chi connectivity index (χ0) is 30.9. The number of carbonyl (C=O) groups is 4. The van der Waals surface area contributed by atoms with Gasteiger partial charge >= 0.3 is 17.9 Å². The number of esters is 3. The molecule has 10 heteroatoms. The highest BCUT2D eigenvalue weighted by Gasteiger charge is 2.70. The molecule has 1 saturated heterocycles. The van der Waals surface area contributed by atoms with E-state index in [0.717, 1.165) is 11.1 Å². The van der Waals surface area contributed by atoms with E-state index in [9.17, 15) is 24.3 Å². The summed E-state index contributed by atoms with van der Waals surface area (Å²) in [6, 6.07) is 4.98. The Bertz CT molecular complexity index is 1480. The van der Waals surface area contributed by atoms with Gasteiger partial charge in [-0.1, -0.05) is 39.3 Å². The van der Waals surface area contributed by atoms with Crippen LogP contribution in [0.15, 0.2) is 59.2 Å². The monoisotopic (exact) mass is 591 g/mol. The number of methoxy groups -OCH3 is 1. The molecule has 5 unspecified atom stereocenters. The molecule has 2 bridgehead atoms. The fourth-order valence-corrected chi connectivity index (χ4v) is 9.02. The van der Waals surface area contributed by atoms with Crippen molar-refractivity contribution in [3.05, 3.63) is 65.9 Å². The molecule has 9 atom stereocenters. The smallest absolute Gasteiger partial charge is 0.340 e. The number of aliphatic hydroxyl groups excluding tert-OH is 1. The lowest BCUT2D eigenvalue weighted by Gasteiger charge is -2.64. The number of fused-ring (bicyclic) bond motifs is 6. The summed E-state index contributed by atoms with van der Waals surface area (Å²) in [6.07, 6.45) is 6.08. The van der Waals surface area contributed by atoms with Crippen molar-refractivity contribution in [1.29, 1.82) is 0 Å². The molecule has 1 N–H and O–H groups in total. The van der Waals surface area contributed by atoms with Crippen molar-refractivity contribution < 1.29 is 42.9 Å². The second-order valence-corrected chi connectivity index (χ2v) is 13.5. The lowest BCUT2D eigenvalue weighted by molar-refractivity contribution is -0.202. The van der Waals surface area contributed by atoms with Crippen LogP contribution in [0.2, 0.25) is 0 Å². The lowest BCUT2D eigenvalue weighted by Crippen LogP contribution is -2.69. The molecule has 0 amide bonds. The third-order valence-corrected chi connectivity index (χ3v) is 11.0. The summed E-state index contributed by atoms with van der Waals surface area (Å²) in [4.78, 5) is 58.0. The molecule has 1 aliphatic heterocycles. The number of hydrogen-bond donors (Lipinski definition) is 1.